The molecule has 1 aliphatic heterocycles. The van der Waals surface area contributed by atoms with E-state index in [0.717, 1.165) is 11.4 Å². The maximum Gasteiger partial charge on any atom is 0.254 e. The molecule has 5 aliphatic rings. The monoisotopic (exact) mass is 422 g/mol. The van der Waals surface area contributed by atoms with Crippen LogP contribution in [0.5, 0.6) is 5.75 Å². The fraction of sp³-hybridized carbons (Fsp3) is 0.348. The maximum absolute atomic E-state index is 13.0. The summed E-state index contributed by atoms with van der Waals surface area (Å²) < 4.78 is 11.2. The van der Waals surface area contributed by atoms with Gasteiger partial charge in [0.2, 0.25) is 0 Å². The van der Waals surface area contributed by atoms with E-state index in [9.17, 15) is 9.59 Å². The Hall–Kier alpha value is -2.86. The second kappa shape index (κ2) is 6.32. The Morgan fingerprint density at radius 2 is 1.80 bits per heavy atom. The fourth-order valence-corrected chi connectivity index (χ4v) is 5.78. The first-order chi connectivity index (χ1) is 14.6. The number of imide groups is 1. The Bertz CT molecular complexity index is 1100. The van der Waals surface area contributed by atoms with E-state index in [1.165, 1.54) is 6.21 Å². The number of allylic oxidation sites excluding steroid dienone is 2. The molecule has 1 saturated heterocycles. The molecule has 0 N–H and O–H groups in total. The van der Waals surface area contributed by atoms with Gasteiger partial charge in [0.1, 0.15) is 17.3 Å². The highest BCUT2D eigenvalue weighted by molar-refractivity contribution is 6.31. The topological polar surface area (TPSA) is 72.1 Å². The molecule has 1 aromatic heterocycles. The van der Waals surface area contributed by atoms with Crippen molar-refractivity contribution in [1.82, 2.24) is 5.01 Å². The van der Waals surface area contributed by atoms with Gasteiger partial charge in [-0.15, -0.1) is 0 Å². The molecule has 2 amide bonds. The van der Waals surface area contributed by atoms with Crippen molar-refractivity contribution < 1.29 is 18.7 Å². The number of rotatable bonds is 4. The summed E-state index contributed by atoms with van der Waals surface area (Å²) in [5.41, 5.74) is 0.714. The predicted molar refractivity (Wildman–Crippen MR) is 110 cm³/mol. The maximum atomic E-state index is 13.0. The van der Waals surface area contributed by atoms with Crippen molar-refractivity contribution in [2.75, 3.05) is 7.11 Å². The Morgan fingerprint density at radius 1 is 1.10 bits per heavy atom. The van der Waals surface area contributed by atoms with Crippen molar-refractivity contribution >= 4 is 29.6 Å². The van der Waals surface area contributed by atoms with Crippen LogP contribution in [0, 0.1) is 35.5 Å². The summed E-state index contributed by atoms with van der Waals surface area (Å²) in [6, 6.07) is 8.78. The molecule has 2 heterocycles. The normalized spacial score (nSPS) is 33.3. The van der Waals surface area contributed by atoms with Crippen LogP contribution in [0.15, 0.2) is 52.0 Å². The van der Waals surface area contributed by atoms with Gasteiger partial charge in [-0.05, 0) is 60.4 Å². The largest absolute Gasteiger partial charge is 0.496 e. The van der Waals surface area contributed by atoms with Gasteiger partial charge in [0.05, 0.1) is 30.7 Å². The van der Waals surface area contributed by atoms with Gasteiger partial charge in [-0.2, -0.15) is 10.1 Å². The van der Waals surface area contributed by atoms with Gasteiger partial charge in [0.25, 0.3) is 11.8 Å². The molecule has 1 aromatic carbocycles. The Labute approximate surface area is 178 Å². The molecule has 6 atom stereocenters. The minimum absolute atomic E-state index is 0.186. The van der Waals surface area contributed by atoms with E-state index in [-0.39, 0.29) is 35.5 Å². The number of ether oxygens (including phenoxy) is 1. The summed E-state index contributed by atoms with van der Waals surface area (Å²) in [7, 11) is 1.58. The second-order valence-electron chi connectivity index (χ2n) is 8.43. The molecule has 7 rings (SSSR count). The summed E-state index contributed by atoms with van der Waals surface area (Å²) in [6.45, 7) is 0. The third kappa shape index (κ3) is 2.46. The number of amides is 2. The van der Waals surface area contributed by atoms with E-state index in [4.69, 9.17) is 20.8 Å². The number of carbonyl (C=O) groups is 2. The summed E-state index contributed by atoms with van der Waals surface area (Å²) in [5, 5.41) is 5.83. The zero-order valence-electron chi connectivity index (χ0n) is 16.2. The van der Waals surface area contributed by atoms with E-state index < -0.39 is 0 Å². The van der Waals surface area contributed by atoms with Gasteiger partial charge < -0.3 is 9.15 Å². The molecule has 3 fully saturated rings. The predicted octanol–water partition coefficient (Wildman–Crippen LogP) is 4.00. The van der Waals surface area contributed by atoms with Gasteiger partial charge in [0.15, 0.2) is 0 Å². The first-order valence-corrected chi connectivity index (χ1v) is 10.5. The molecule has 0 radical (unpaired) electrons. The Balaban J connectivity index is 1.26. The lowest BCUT2D eigenvalue weighted by Gasteiger charge is -2.37. The number of carbonyl (C=O) groups excluding carboxylic acids is 2. The first kappa shape index (κ1) is 18.0. The van der Waals surface area contributed by atoms with Crippen LogP contribution in [0.4, 0.5) is 0 Å². The first-order valence-electron chi connectivity index (χ1n) is 10.1. The smallest absolute Gasteiger partial charge is 0.254 e. The minimum atomic E-state index is -0.253. The van der Waals surface area contributed by atoms with Crippen LogP contribution in [0.25, 0.3) is 11.3 Å². The summed E-state index contributed by atoms with van der Waals surface area (Å²) >= 11 is 6.10. The molecular formula is C23H19ClN2O4. The fourth-order valence-electron chi connectivity index (χ4n) is 5.61. The third-order valence-electron chi connectivity index (χ3n) is 6.99. The highest BCUT2D eigenvalue weighted by Crippen LogP contribution is 2.65. The second-order valence-corrected chi connectivity index (χ2v) is 8.87. The average molecular weight is 423 g/mol. The molecule has 152 valence electrons. The van der Waals surface area contributed by atoms with Crippen LogP contribution < -0.4 is 4.74 Å². The SMILES string of the molecule is COc1ccc(Cl)cc1-c1ccc(/C=N\N2C(=O)[C@@H]3[C@@H]4C=C[C@H]([C@H]5C[C@H]45)[C@@H]3C2=O)o1. The molecule has 4 aliphatic carbocycles. The van der Waals surface area contributed by atoms with Crippen LogP contribution in [0.1, 0.15) is 12.2 Å². The number of hydrogen-bond acceptors (Lipinski definition) is 5. The Morgan fingerprint density at radius 3 is 2.47 bits per heavy atom. The van der Waals surface area contributed by atoms with Crippen molar-refractivity contribution in [3.63, 3.8) is 0 Å². The van der Waals surface area contributed by atoms with E-state index in [2.05, 4.69) is 17.3 Å². The minimum Gasteiger partial charge on any atom is -0.496 e. The van der Waals surface area contributed by atoms with Gasteiger partial charge in [-0.25, -0.2) is 0 Å². The van der Waals surface area contributed by atoms with Gasteiger partial charge in [0, 0.05) is 5.02 Å². The number of hydrazone groups is 1. The lowest BCUT2D eigenvalue weighted by Crippen LogP contribution is -2.40. The summed E-state index contributed by atoms with van der Waals surface area (Å²) in [6.07, 6.45) is 6.86. The molecule has 2 bridgehead atoms. The molecule has 30 heavy (non-hydrogen) atoms. The summed E-state index contributed by atoms with van der Waals surface area (Å²) in [4.78, 5) is 25.9. The van der Waals surface area contributed by atoms with Crippen molar-refractivity contribution in [3.05, 3.63) is 53.3 Å². The molecule has 6 nitrogen and oxygen atoms in total. The van der Waals surface area contributed by atoms with Crippen LogP contribution in [-0.2, 0) is 9.59 Å². The van der Waals surface area contributed by atoms with Gasteiger partial charge in [-0.1, -0.05) is 23.8 Å². The molecule has 0 unspecified atom stereocenters. The highest BCUT2D eigenvalue weighted by Gasteiger charge is 2.67. The van der Waals surface area contributed by atoms with Crippen molar-refractivity contribution in [2.24, 2.45) is 40.6 Å². The quantitative estimate of drug-likeness (QED) is 0.424. The molecule has 7 heteroatoms. The van der Waals surface area contributed by atoms with Crippen LogP contribution in [0.3, 0.4) is 0 Å². The van der Waals surface area contributed by atoms with Crippen molar-refractivity contribution in [2.45, 2.75) is 6.42 Å². The standard InChI is InChI=1S/C23H19ClN2O4/c1-29-18-6-2-11(24)8-17(18)19-7-3-12(30-19)10-25-26-22(27)20-13-4-5-14(16-9-15(13)16)21(20)23(26)28/h2-8,10,13-16,20-21H,9H2,1H3/b25-10-/t13-,14-,15-,16-,20-,21+/m1/s1. The lowest BCUT2D eigenvalue weighted by molar-refractivity contribution is -0.140. The van der Waals surface area contributed by atoms with Gasteiger partial charge >= 0.3 is 0 Å². The lowest BCUT2D eigenvalue weighted by atomic mass is 9.63. The van der Waals surface area contributed by atoms with Crippen LogP contribution in [0.2, 0.25) is 5.02 Å². The van der Waals surface area contributed by atoms with Crippen LogP contribution in [-0.4, -0.2) is 30.1 Å². The number of furan rings is 1. The van der Waals surface area contributed by atoms with Crippen molar-refractivity contribution in [3.8, 4) is 17.1 Å². The number of hydrogen-bond donors (Lipinski definition) is 0. The zero-order valence-corrected chi connectivity index (χ0v) is 17.0. The third-order valence-corrected chi connectivity index (χ3v) is 7.23. The van der Waals surface area contributed by atoms with Crippen molar-refractivity contribution in [1.29, 1.82) is 0 Å². The van der Waals surface area contributed by atoms with E-state index in [1.807, 2.05) is 0 Å². The van der Waals surface area contributed by atoms with E-state index in [0.29, 0.717) is 39.7 Å². The van der Waals surface area contributed by atoms with E-state index >= 15 is 0 Å². The zero-order chi connectivity index (χ0) is 20.6. The Kier molecular flexibility index (Phi) is 3.78. The molecule has 2 saturated carbocycles. The molecule has 0 spiro atoms. The highest BCUT2D eigenvalue weighted by atomic mass is 35.5. The van der Waals surface area contributed by atoms with E-state index in [1.54, 1.807) is 37.4 Å². The average Bonchev–Trinajstić information content (AvgIpc) is 3.39. The number of methoxy groups -OCH3 is 1. The number of benzene rings is 1. The summed E-state index contributed by atoms with van der Waals surface area (Å²) in [5.74, 6) is 2.27. The number of halogens is 1. The van der Waals surface area contributed by atoms with Crippen LogP contribution >= 0.6 is 11.6 Å². The van der Waals surface area contributed by atoms with Gasteiger partial charge in [-0.3, -0.25) is 9.59 Å². The molecule has 2 aromatic rings. The number of nitrogens with zero attached hydrogens (tertiary/aromatic N) is 2. The molecular weight excluding hydrogens is 404 g/mol.